The average molecular weight is 315 g/mol. The maximum absolute atomic E-state index is 11.2. The minimum Gasteiger partial charge on any atom is -0.496 e. The van der Waals surface area contributed by atoms with Gasteiger partial charge >= 0.3 is 0 Å². The molecule has 0 heterocycles. The molecule has 18 heavy (non-hydrogen) atoms. The average Bonchev–Trinajstić information content (AvgIpc) is 2.29. The summed E-state index contributed by atoms with van der Waals surface area (Å²) in [6.07, 6.45) is 0. The Labute approximate surface area is 116 Å². The molecule has 0 aromatic heterocycles. The van der Waals surface area contributed by atoms with Crippen molar-refractivity contribution in [3.05, 3.63) is 28.2 Å². The molecule has 0 spiro atoms. The Morgan fingerprint density at radius 2 is 2.17 bits per heavy atom. The molecule has 0 saturated carbocycles. The van der Waals surface area contributed by atoms with Gasteiger partial charge in [-0.1, -0.05) is 6.07 Å². The number of rotatable bonds is 6. The molecule has 5 heteroatoms. The van der Waals surface area contributed by atoms with E-state index in [0.29, 0.717) is 13.1 Å². The summed E-state index contributed by atoms with van der Waals surface area (Å²) in [6, 6.07) is 5.87. The standard InChI is InChI=1S/C13H19BrN2O2/c1-13(2,12(15)17)8-16-7-9-4-5-11(18-3)10(14)6-9/h4-6,16H,7-8H2,1-3H3,(H2,15,17). The van der Waals surface area contributed by atoms with E-state index in [-0.39, 0.29) is 5.91 Å². The number of ether oxygens (including phenoxy) is 1. The largest absolute Gasteiger partial charge is 0.496 e. The molecule has 4 nitrogen and oxygen atoms in total. The second-order valence-electron chi connectivity index (χ2n) is 4.82. The zero-order valence-corrected chi connectivity index (χ0v) is 12.5. The van der Waals surface area contributed by atoms with Crippen LogP contribution in [0.2, 0.25) is 0 Å². The molecule has 0 radical (unpaired) electrons. The van der Waals surface area contributed by atoms with E-state index in [1.165, 1.54) is 0 Å². The van der Waals surface area contributed by atoms with Gasteiger partial charge < -0.3 is 15.8 Å². The van der Waals surface area contributed by atoms with Crippen LogP contribution < -0.4 is 15.8 Å². The molecule has 0 aliphatic rings. The van der Waals surface area contributed by atoms with E-state index < -0.39 is 5.41 Å². The van der Waals surface area contributed by atoms with Crippen molar-refractivity contribution in [1.29, 1.82) is 0 Å². The first kappa shape index (κ1) is 15.0. The van der Waals surface area contributed by atoms with E-state index in [1.54, 1.807) is 7.11 Å². The van der Waals surface area contributed by atoms with E-state index in [1.807, 2.05) is 32.0 Å². The molecule has 0 atom stereocenters. The molecule has 0 bridgehead atoms. The zero-order valence-electron chi connectivity index (χ0n) is 10.9. The molecule has 0 saturated heterocycles. The van der Waals surface area contributed by atoms with E-state index in [9.17, 15) is 4.79 Å². The van der Waals surface area contributed by atoms with Crippen molar-refractivity contribution in [1.82, 2.24) is 5.32 Å². The zero-order chi connectivity index (χ0) is 13.8. The van der Waals surface area contributed by atoms with E-state index in [2.05, 4.69) is 21.2 Å². The summed E-state index contributed by atoms with van der Waals surface area (Å²) in [5.74, 6) is 0.502. The van der Waals surface area contributed by atoms with Crippen LogP contribution in [0.25, 0.3) is 0 Å². The quantitative estimate of drug-likeness (QED) is 0.844. The highest BCUT2D eigenvalue weighted by molar-refractivity contribution is 9.10. The van der Waals surface area contributed by atoms with Crippen LogP contribution >= 0.6 is 15.9 Å². The summed E-state index contributed by atoms with van der Waals surface area (Å²) in [4.78, 5) is 11.2. The molecule has 0 fully saturated rings. The number of halogens is 1. The lowest BCUT2D eigenvalue weighted by molar-refractivity contribution is -0.125. The van der Waals surface area contributed by atoms with E-state index >= 15 is 0 Å². The predicted molar refractivity (Wildman–Crippen MR) is 75.4 cm³/mol. The van der Waals surface area contributed by atoms with E-state index in [0.717, 1.165) is 15.8 Å². The van der Waals surface area contributed by atoms with Gasteiger partial charge in [-0.05, 0) is 47.5 Å². The highest BCUT2D eigenvalue weighted by Gasteiger charge is 2.23. The van der Waals surface area contributed by atoms with Crippen molar-refractivity contribution in [3.63, 3.8) is 0 Å². The number of carbonyl (C=O) groups excluding carboxylic acids is 1. The van der Waals surface area contributed by atoms with Crippen molar-refractivity contribution in [2.75, 3.05) is 13.7 Å². The molecule has 0 aliphatic heterocycles. The number of nitrogens with two attached hydrogens (primary N) is 1. The third-order valence-electron chi connectivity index (χ3n) is 2.78. The fourth-order valence-corrected chi connectivity index (χ4v) is 2.01. The lowest BCUT2D eigenvalue weighted by atomic mass is 9.93. The van der Waals surface area contributed by atoms with Crippen molar-refractivity contribution >= 4 is 21.8 Å². The molecule has 0 aliphatic carbocycles. The van der Waals surface area contributed by atoms with Gasteiger partial charge in [-0.15, -0.1) is 0 Å². The first-order valence-corrected chi connectivity index (χ1v) is 6.49. The summed E-state index contributed by atoms with van der Waals surface area (Å²) >= 11 is 3.44. The van der Waals surface area contributed by atoms with Gasteiger partial charge in [-0.3, -0.25) is 4.79 Å². The lowest BCUT2D eigenvalue weighted by Gasteiger charge is -2.20. The molecule has 3 N–H and O–H groups in total. The normalized spacial score (nSPS) is 11.3. The van der Waals surface area contributed by atoms with Gasteiger partial charge in [0, 0.05) is 13.1 Å². The van der Waals surface area contributed by atoms with Crippen molar-refractivity contribution in [3.8, 4) is 5.75 Å². The van der Waals surface area contributed by atoms with Crippen molar-refractivity contribution < 1.29 is 9.53 Å². The Hall–Kier alpha value is -1.07. The van der Waals surface area contributed by atoms with Gasteiger partial charge in [0.15, 0.2) is 0 Å². The van der Waals surface area contributed by atoms with Crippen LogP contribution in [0.4, 0.5) is 0 Å². The van der Waals surface area contributed by atoms with Crippen molar-refractivity contribution in [2.24, 2.45) is 11.1 Å². The second kappa shape index (κ2) is 6.20. The number of methoxy groups -OCH3 is 1. The number of nitrogens with one attached hydrogen (secondary N) is 1. The highest BCUT2D eigenvalue weighted by atomic mass is 79.9. The summed E-state index contributed by atoms with van der Waals surface area (Å²) in [5.41, 5.74) is 5.88. The minimum absolute atomic E-state index is 0.300. The lowest BCUT2D eigenvalue weighted by Crippen LogP contribution is -2.40. The predicted octanol–water partition coefficient (Wildman–Crippen LogP) is 2.06. The number of hydrogen-bond donors (Lipinski definition) is 2. The van der Waals surface area contributed by atoms with Gasteiger partial charge in [0.2, 0.25) is 5.91 Å². The Morgan fingerprint density at radius 1 is 1.50 bits per heavy atom. The second-order valence-corrected chi connectivity index (χ2v) is 5.67. The van der Waals surface area contributed by atoms with Crippen molar-refractivity contribution in [2.45, 2.75) is 20.4 Å². The molecular formula is C13H19BrN2O2. The SMILES string of the molecule is COc1ccc(CNCC(C)(C)C(N)=O)cc1Br. The van der Waals surface area contributed by atoms with Gasteiger partial charge in [0.1, 0.15) is 5.75 Å². The molecule has 1 rings (SSSR count). The topological polar surface area (TPSA) is 64.3 Å². The molecule has 1 aromatic carbocycles. The third-order valence-corrected chi connectivity index (χ3v) is 3.40. The van der Waals surface area contributed by atoms with Crippen LogP contribution in [0, 0.1) is 5.41 Å². The molecule has 100 valence electrons. The van der Waals surface area contributed by atoms with Crippen LogP contribution in [0.5, 0.6) is 5.75 Å². The summed E-state index contributed by atoms with van der Waals surface area (Å²) in [7, 11) is 1.63. The van der Waals surface area contributed by atoms with Crippen LogP contribution in [-0.4, -0.2) is 19.6 Å². The fourth-order valence-electron chi connectivity index (χ4n) is 1.43. The number of primary amides is 1. The number of carbonyl (C=O) groups is 1. The van der Waals surface area contributed by atoms with Crippen LogP contribution in [-0.2, 0) is 11.3 Å². The van der Waals surface area contributed by atoms with Gasteiger partial charge in [-0.2, -0.15) is 0 Å². The molecule has 1 aromatic rings. The van der Waals surface area contributed by atoms with E-state index in [4.69, 9.17) is 10.5 Å². The summed E-state index contributed by atoms with van der Waals surface area (Å²) in [6.45, 7) is 4.88. The monoisotopic (exact) mass is 314 g/mol. The maximum Gasteiger partial charge on any atom is 0.224 e. The maximum atomic E-state index is 11.2. The van der Waals surface area contributed by atoms with Crippen LogP contribution in [0.15, 0.2) is 22.7 Å². The molecular weight excluding hydrogens is 296 g/mol. The summed E-state index contributed by atoms with van der Waals surface area (Å²) < 4.78 is 6.08. The Morgan fingerprint density at radius 3 is 2.67 bits per heavy atom. The number of benzene rings is 1. The Balaban J connectivity index is 2.55. The van der Waals surface area contributed by atoms with Gasteiger partial charge in [-0.25, -0.2) is 0 Å². The minimum atomic E-state index is -0.538. The molecule has 0 unspecified atom stereocenters. The fraction of sp³-hybridized carbons (Fsp3) is 0.462. The number of amides is 1. The first-order chi connectivity index (χ1) is 8.36. The first-order valence-electron chi connectivity index (χ1n) is 5.70. The summed E-state index contributed by atoms with van der Waals surface area (Å²) in [5, 5.41) is 3.23. The highest BCUT2D eigenvalue weighted by Crippen LogP contribution is 2.25. The third kappa shape index (κ3) is 3.99. The van der Waals surface area contributed by atoms with Gasteiger partial charge in [0.05, 0.1) is 17.0 Å². The smallest absolute Gasteiger partial charge is 0.224 e. The van der Waals surface area contributed by atoms with Crippen LogP contribution in [0.3, 0.4) is 0 Å². The number of hydrogen-bond acceptors (Lipinski definition) is 3. The van der Waals surface area contributed by atoms with Gasteiger partial charge in [0.25, 0.3) is 0 Å². The Bertz CT molecular complexity index is 433. The molecule has 1 amide bonds. The Kier molecular flexibility index (Phi) is 5.16. The van der Waals surface area contributed by atoms with Crippen LogP contribution in [0.1, 0.15) is 19.4 Å².